The maximum absolute atomic E-state index is 5.98. The highest BCUT2D eigenvalue weighted by atomic mass is 79.9. The lowest BCUT2D eigenvalue weighted by atomic mass is 10.3. The lowest BCUT2D eigenvalue weighted by Crippen LogP contribution is -1.99. The van der Waals surface area contributed by atoms with Crippen LogP contribution in [0.4, 0.5) is 0 Å². The van der Waals surface area contributed by atoms with E-state index < -0.39 is 0 Å². The summed E-state index contributed by atoms with van der Waals surface area (Å²) in [6, 6.07) is 5.68. The molecule has 1 aliphatic carbocycles. The second kappa shape index (κ2) is 3.89. The smallest absolute Gasteiger partial charge is 0.152 e. The van der Waals surface area contributed by atoms with Gasteiger partial charge in [0.1, 0.15) is 0 Å². The fourth-order valence-electron chi connectivity index (χ4n) is 1.11. The molecule has 0 amide bonds. The van der Waals surface area contributed by atoms with Gasteiger partial charge in [-0.1, -0.05) is 17.7 Å². The Morgan fingerprint density at radius 1 is 1.46 bits per heavy atom. The largest absolute Gasteiger partial charge is 0.491 e. The molecule has 1 aromatic carbocycles. The molecule has 0 heterocycles. The molecule has 0 spiro atoms. The second-order valence-corrected chi connectivity index (χ2v) is 4.57. The van der Waals surface area contributed by atoms with Gasteiger partial charge in [0.25, 0.3) is 0 Å². The zero-order valence-corrected chi connectivity index (χ0v) is 9.44. The van der Waals surface area contributed by atoms with Crippen LogP contribution in [0, 0.1) is 5.92 Å². The van der Waals surface area contributed by atoms with Gasteiger partial charge in [0.05, 0.1) is 16.1 Å². The lowest BCUT2D eigenvalue weighted by Gasteiger charge is -2.08. The van der Waals surface area contributed by atoms with Crippen LogP contribution in [0.15, 0.2) is 22.7 Å². The van der Waals surface area contributed by atoms with Crippen molar-refractivity contribution < 1.29 is 4.74 Å². The van der Waals surface area contributed by atoms with Crippen molar-refractivity contribution in [1.82, 2.24) is 0 Å². The Morgan fingerprint density at radius 3 is 2.85 bits per heavy atom. The summed E-state index contributed by atoms with van der Waals surface area (Å²) in [4.78, 5) is 0. The summed E-state index contributed by atoms with van der Waals surface area (Å²) in [6.07, 6.45) is 2.59. The third-order valence-electron chi connectivity index (χ3n) is 2.08. The van der Waals surface area contributed by atoms with Crippen molar-refractivity contribution >= 4 is 27.5 Å². The van der Waals surface area contributed by atoms with Gasteiger partial charge in [-0.3, -0.25) is 0 Å². The molecular formula is C10H10BrClO. The average molecular weight is 262 g/mol. The van der Waals surface area contributed by atoms with E-state index in [1.165, 1.54) is 12.8 Å². The first-order chi connectivity index (χ1) is 6.27. The summed E-state index contributed by atoms with van der Waals surface area (Å²) in [5, 5.41) is 0.676. The van der Waals surface area contributed by atoms with E-state index in [0.29, 0.717) is 5.02 Å². The van der Waals surface area contributed by atoms with Crippen LogP contribution in [0.5, 0.6) is 5.75 Å². The molecule has 0 unspecified atom stereocenters. The van der Waals surface area contributed by atoms with Gasteiger partial charge in [0.15, 0.2) is 5.75 Å². The van der Waals surface area contributed by atoms with Crippen LogP contribution < -0.4 is 4.74 Å². The Labute approximate surface area is 91.2 Å². The molecule has 0 N–H and O–H groups in total. The van der Waals surface area contributed by atoms with E-state index in [-0.39, 0.29) is 0 Å². The maximum Gasteiger partial charge on any atom is 0.152 e. The molecule has 3 heteroatoms. The summed E-state index contributed by atoms with van der Waals surface area (Å²) < 4.78 is 6.54. The third kappa shape index (κ3) is 2.38. The number of para-hydroxylation sites is 1. The molecule has 1 nitrogen and oxygen atoms in total. The summed E-state index contributed by atoms with van der Waals surface area (Å²) in [5.74, 6) is 1.53. The van der Waals surface area contributed by atoms with E-state index in [4.69, 9.17) is 16.3 Å². The molecule has 0 radical (unpaired) electrons. The Morgan fingerprint density at radius 2 is 2.23 bits per heavy atom. The van der Waals surface area contributed by atoms with Crippen molar-refractivity contribution in [3.63, 3.8) is 0 Å². The first-order valence-electron chi connectivity index (χ1n) is 4.34. The zero-order valence-electron chi connectivity index (χ0n) is 7.09. The summed E-state index contributed by atoms with van der Waals surface area (Å²) in [6.45, 7) is 0.794. The molecule has 0 atom stereocenters. The molecule has 0 aromatic heterocycles. The Kier molecular flexibility index (Phi) is 2.80. The van der Waals surface area contributed by atoms with Crippen LogP contribution in [0.25, 0.3) is 0 Å². The number of hydrogen-bond acceptors (Lipinski definition) is 1. The van der Waals surface area contributed by atoms with Gasteiger partial charge in [-0.15, -0.1) is 0 Å². The number of halogens is 2. The van der Waals surface area contributed by atoms with Crippen LogP contribution in [0.1, 0.15) is 12.8 Å². The average Bonchev–Trinajstić information content (AvgIpc) is 2.87. The minimum Gasteiger partial charge on any atom is -0.491 e. The number of rotatable bonds is 3. The van der Waals surface area contributed by atoms with E-state index in [0.717, 1.165) is 22.7 Å². The highest BCUT2D eigenvalue weighted by Crippen LogP contribution is 2.35. The van der Waals surface area contributed by atoms with Crippen molar-refractivity contribution in [2.75, 3.05) is 6.61 Å². The molecule has 0 bridgehead atoms. The topological polar surface area (TPSA) is 9.23 Å². The Balaban J connectivity index is 2.07. The quantitative estimate of drug-likeness (QED) is 0.802. The van der Waals surface area contributed by atoms with Crippen LogP contribution in [0.3, 0.4) is 0 Å². The van der Waals surface area contributed by atoms with Crippen LogP contribution in [0.2, 0.25) is 5.02 Å². The predicted molar refractivity (Wildman–Crippen MR) is 57.4 cm³/mol. The molecule has 13 heavy (non-hydrogen) atoms. The van der Waals surface area contributed by atoms with Gasteiger partial charge < -0.3 is 4.74 Å². The van der Waals surface area contributed by atoms with Crippen molar-refractivity contribution in [2.45, 2.75) is 12.8 Å². The third-order valence-corrected chi connectivity index (χ3v) is 3.00. The molecule has 0 saturated heterocycles. The van der Waals surface area contributed by atoms with Crippen molar-refractivity contribution in [3.8, 4) is 5.75 Å². The molecule has 2 rings (SSSR count). The van der Waals surface area contributed by atoms with E-state index >= 15 is 0 Å². The fraction of sp³-hybridized carbons (Fsp3) is 0.400. The summed E-state index contributed by atoms with van der Waals surface area (Å²) in [5.41, 5.74) is 0. The zero-order chi connectivity index (χ0) is 9.26. The Hall–Kier alpha value is -0.210. The molecule has 1 aliphatic rings. The molecule has 1 fully saturated rings. The SMILES string of the molecule is Clc1cccc(Br)c1OCC1CC1. The standard InChI is InChI=1S/C10H10BrClO/c11-8-2-1-3-9(12)10(8)13-6-7-4-5-7/h1-3,7H,4-6H2. The van der Waals surface area contributed by atoms with Gasteiger partial charge >= 0.3 is 0 Å². The monoisotopic (exact) mass is 260 g/mol. The summed E-state index contributed by atoms with van der Waals surface area (Å²) in [7, 11) is 0. The van der Waals surface area contributed by atoms with Gasteiger partial charge in [-0.25, -0.2) is 0 Å². The Bertz CT molecular complexity index is 290. The molecular weight excluding hydrogens is 251 g/mol. The second-order valence-electron chi connectivity index (χ2n) is 3.31. The van der Waals surface area contributed by atoms with Crippen LogP contribution >= 0.6 is 27.5 Å². The van der Waals surface area contributed by atoms with Crippen LogP contribution in [-0.4, -0.2) is 6.61 Å². The number of ether oxygens (including phenoxy) is 1. The molecule has 1 aromatic rings. The van der Waals surface area contributed by atoms with Crippen molar-refractivity contribution in [3.05, 3.63) is 27.7 Å². The van der Waals surface area contributed by atoms with Crippen molar-refractivity contribution in [2.24, 2.45) is 5.92 Å². The van der Waals surface area contributed by atoms with E-state index in [2.05, 4.69) is 15.9 Å². The first kappa shape index (κ1) is 9.35. The highest BCUT2D eigenvalue weighted by molar-refractivity contribution is 9.10. The lowest BCUT2D eigenvalue weighted by molar-refractivity contribution is 0.298. The van der Waals surface area contributed by atoms with Crippen LogP contribution in [-0.2, 0) is 0 Å². The minimum atomic E-state index is 0.676. The van der Waals surface area contributed by atoms with Gasteiger partial charge in [0.2, 0.25) is 0 Å². The minimum absolute atomic E-state index is 0.676. The van der Waals surface area contributed by atoms with Gasteiger partial charge in [-0.05, 0) is 46.8 Å². The van der Waals surface area contributed by atoms with Gasteiger partial charge in [-0.2, -0.15) is 0 Å². The predicted octanol–water partition coefficient (Wildman–Crippen LogP) is 3.89. The first-order valence-corrected chi connectivity index (χ1v) is 5.51. The molecule has 70 valence electrons. The van der Waals surface area contributed by atoms with Gasteiger partial charge in [0, 0.05) is 0 Å². The maximum atomic E-state index is 5.98. The normalized spacial score (nSPS) is 15.8. The van der Waals surface area contributed by atoms with Crippen molar-refractivity contribution in [1.29, 1.82) is 0 Å². The molecule has 1 saturated carbocycles. The van der Waals surface area contributed by atoms with E-state index in [9.17, 15) is 0 Å². The number of benzene rings is 1. The van der Waals surface area contributed by atoms with E-state index in [1.807, 2.05) is 18.2 Å². The molecule has 0 aliphatic heterocycles. The fourth-order valence-corrected chi connectivity index (χ4v) is 1.93. The summed E-state index contributed by atoms with van der Waals surface area (Å²) >= 11 is 9.39. The number of hydrogen-bond donors (Lipinski definition) is 0. The highest BCUT2D eigenvalue weighted by Gasteiger charge is 2.22. The van der Waals surface area contributed by atoms with E-state index in [1.54, 1.807) is 0 Å².